The van der Waals surface area contributed by atoms with E-state index in [0.717, 1.165) is 24.9 Å². The Kier molecular flexibility index (Phi) is 5.24. The first-order valence-corrected chi connectivity index (χ1v) is 9.24. The number of nitrogens with zero attached hydrogens (tertiary/aromatic N) is 2. The molecule has 0 radical (unpaired) electrons. The van der Waals surface area contributed by atoms with Crippen LogP contribution in [0.4, 0.5) is 5.69 Å². The van der Waals surface area contributed by atoms with Gasteiger partial charge in [0, 0.05) is 31.7 Å². The van der Waals surface area contributed by atoms with E-state index in [-0.39, 0.29) is 16.8 Å². The van der Waals surface area contributed by atoms with Gasteiger partial charge in [-0.1, -0.05) is 13.8 Å². The molecule has 1 aliphatic heterocycles. The highest BCUT2D eigenvalue weighted by Crippen LogP contribution is 2.25. The van der Waals surface area contributed by atoms with Crippen LogP contribution >= 0.6 is 0 Å². The number of anilines is 1. The van der Waals surface area contributed by atoms with Gasteiger partial charge in [0.05, 0.1) is 4.90 Å². The number of amides is 1. The van der Waals surface area contributed by atoms with Crippen LogP contribution in [0.15, 0.2) is 29.2 Å². The second-order valence-electron chi connectivity index (χ2n) is 5.63. The molecule has 1 aromatic carbocycles. The van der Waals surface area contributed by atoms with Gasteiger partial charge in [0.1, 0.15) is 0 Å². The van der Waals surface area contributed by atoms with Crippen LogP contribution in [0.25, 0.3) is 0 Å². The highest BCUT2D eigenvalue weighted by molar-refractivity contribution is 7.89. The summed E-state index contributed by atoms with van der Waals surface area (Å²) in [5, 5.41) is 0. The summed E-state index contributed by atoms with van der Waals surface area (Å²) in [4.78, 5) is 13.7. The number of hydrogen-bond acceptors (Lipinski definition) is 3. The first-order valence-electron chi connectivity index (χ1n) is 7.80. The summed E-state index contributed by atoms with van der Waals surface area (Å²) in [6.45, 7) is 4.68. The zero-order valence-corrected chi connectivity index (χ0v) is 14.3. The Hall–Kier alpha value is -1.40. The summed E-state index contributed by atoms with van der Waals surface area (Å²) in [6, 6.07) is 6.63. The third-order valence-corrected chi connectivity index (χ3v) is 6.28. The maximum atomic E-state index is 12.6. The van der Waals surface area contributed by atoms with E-state index < -0.39 is 10.0 Å². The largest absolute Gasteiger partial charge is 0.312 e. The fraction of sp³-hybridized carbons (Fsp3) is 0.562. The van der Waals surface area contributed by atoms with Gasteiger partial charge in [0.15, 0.2) is 0 Å². The van der Waals surface area contributed by atoms with Crippen LogP contribution in [-0.4, -0.2) is 38.3 Å². The summed E-state index contributed by atoms with van der Waals surface area (Å²) in [5.41, 5.74) is 0.770. The van der Waals surface area contributed by atoms with E-state index in [2.05, 4.69) is 0 Å². The molecule has 122 valence electrons. The van der Waals surface area contributed by atoms with Gasteiger partial charge in [-0.05, 0) is 43.5 Å². The molecule has 22 heavy (non-hydrogen) atoms. The Morgan fingerprint density at radius 1 is 1.18 bits per heavy atom. The number of benzene rings is 1. The summed E-state index contributed by atoms with van der Waals surface area (Å²) in [7, 11) is -1.86. The van der Waals surface area contributed by atoms with E-state index in [1.807, 2.05) is 13.8 Å². The second kappa shape index (κ2) is 6.79. The molecule has 1 saturated heterocycles. The molecule has 1 aliphatic rings. The smallest absolute Gasteiger partial charge is 0.243 e. The Morgan fingerprint density at radius 2 is 1.77 bits per heavy atom. The van der Waals surface area contributed by atoms with Crippen molar-refractivity contribution in [2.75, 3.05) is 18.5 Å². The minimum atomic E-state index is -3.49. The summed E-state index contributed by atoms with van der Waals surface area (Å²) in [6.07, 6.45) is 2.99. The lowest BCUT2D eigenvalue weighted by atomic mass is 10.2. The predicted octanol–water partition coefficient (Wildman–Crippen LogP) is 2.62. The fourth-order valence-corrected chi connectivity index (χ4v) is 4.39. The van der Waals surface area contributed by atoms with E-state index in [1.54, 1.807) is 36.2 Å². The molecule has 0 atom stereocenters. The van der Waals surface area contributed by atoms with Crippen LogP contribution in [0.3, 0.4) is 0 Å². The van der Waals surface area contributed by atoms with E-state index in [9.17, 15) is 13.2 Å². The minimum Gasteiger partial charge on any atom is -0.312 e. The monoisotopic (exact) mass is 324 g/mol. The molecule has 1 fully saturated rings. The van der Waals surface area contributed by atoms with Crippen molar-refractivity contribution in [2.24, 2.45) is 0 Å². The molecule has 0 spiro atoms. The van der Waals surface area contributed by atoms with Gasteiger partial charge in [-0.2, -0.15) is 4.31 Å². The Labute approximate surface area is 133 Å². The standard InChI is InChI=1S/C16H24N2O3S/c1-4-13(5-2)17(3)22(20,21)15-10-8-14(9-11-15)18-12-6-7-16(18)19/h8-11,13H,4-7,12H2,1-3H3. The highest BCUT2D eigenvalue weighted by Gasteiger charge is 2.27. The highest BCUT2D eigenvalue weighted by atomic mass is 32.2. The SMILES string of the molecule is CCC(CC)N(C)S(=O)(=O)c1ccc(N2CCCC2=O)cc1. The van der Waals surface area contributed by atoms with Crippen LogP contribution in [-0.2, 0) is 14.8 Å². The Bertz CT molecular complexity index is 621. The lowest BCUT2D eigenvalue weighted by Crippen LogP contribution is -2.36. The third kappa shape index (κ3) is 3.17. The average Bonchev–Trinajstić information content (AvgIpc) is 2.94. The summed E-state index contributed by atoms with van der Waals surface area (Å²) < 4.78 is 26.7. The molecule has 0 aliphatic carbocycles. The zero-order chi connectivity index (χ0) is 16.3. The zero-order valence-electron chi connectivity index (χ0n) is 13.4. The molecule has 6 heteroatoms. The van der Waals surface area contributed by atoms with Gasteiger partial charge >= 0.3 is 0 Å². The summed E-state index contributed by atoms with van der Waals surface area (Å²) in [5.74, 6) is 0.102. The van der Waals surface area contributed by atoms with E-state index >= 15 is 0 Å². The molecule has 1 amide bonds. The molecule has 0 aromatic heterocycles. The van der Waals surface area contributed by atoms with Crippen molar-refractivity contribution in [3.05, 3.63) is 24.3 Å². The lowest BCUT2D eigenvalue weighted by Gasteiger charge is -2.25. The van der Waals surface area contributed by atoms with Gasteiger partial charge in [-0.3, -0.25) is 4.79 Å². The molecule has 0 saturated carbocycles. The average molecular weight is 324 g/mol. The number of hydrogen-bond donors (Lipinski definition) is 0. The van der Waals surface area contributed by atoms with E-state index in [1.165, 1.54) is 4.31 Å². The molecular weight excluding hydrogens is 300 g/mol. The van der Waals surface area contributed by atoms with Crippen molar-refractivity contribution >= 4 is 21.6 Å². The number of rotatable bonds is 6. The van der Waals surface area contributed by atoms with Gasteiger partial charge in [0.2, 0.25) is 15.9 Å². The first kappa shape index (κ1) is 17.0. The molecule has 0 unspecified atom stereocenters. The van der Waals surface area contributed by atoms with Crippen molar-refractivity contribution in [2.45, 2.75) is 50.5 Å². The van der Waals surface area contributed by atoms with Crippen LogP contribution in [0.5, 0.6) is 0 Å². The molecule has 5 nitrogen and oxygen atoms in total. The molecule has 2 rings (SSSR count). The molecule has 0 N–H and O–H groups in total. The van der Waals surface area contributed by atoms with Crippen molar-refractivity contribution < 1.29 is 13.2 Å². The molecule has 1 heterocycles. The van der Waals surface area contributed by atoms with E-state index in [4.69, 9.17) is 0 Å². The van der Waals surface area contributed by atoms with Gasteiger partial charge < -0.3 is 4.90 Å². The molecule has 0 bridgehead atoms. The second-order valence-corrected chi connectivity index (χ2v) is 7.63. The van der Waals surface area contributed by atoms with Crippen molar-refractivity contribution in [3.8, 4) is 0 Å². The number of carbonyl (C=O) groups excluding carboxylic acids is 1. The van der Waals surface area contributed by atoms with Gasteiger partial charge in [0.25, 0.3) is 0 Å². The maximum absolute atomic E-state index is 12.6. The first-order chi connectivity index (χ1) is 10.4. The van der Waals surface area contributed by atoms with Crippen LogP contribution in [0.2, 0.25) is 0 Å². The predicted molar refractivity (Wildman–Crippen MR) is 87.3 cm³/mol. The molecule has 1 aromatic rings. The lowest BCUT2D eigenvalue weighted by molar-refractivity contribution is -0.117. The topological polar surface area (TPSA) is 57.7 Å². The quantitative estimate of drug-likeness (QED) is 0.808. The van der Waals surface area contributed by atoms with E-state index in [0.29, 0.717) is 13.0 Å². The van der Waals surface area contributed by atoms with Crippen molar-refractivity contribution in [3.63, 3.8) is 0 Å². The minimum absolute atomic E-state index is 0.00448. The maximum Gasteiger partial charge on any atom is 0.243 e. The van der Waals surface area contributed by atoms with Crippen molar-refractivity contribution in [1.29, 1.82) is 0 Å². The van der Waals surface area contributed by atoms with Crippen molar-refractivity contribution in [1.82, 2.24) is 4.31 Å². The van der Waals surface area contributed by atoms with Gasteiger partial charge in [-0.15, -0.1) is 0 Å². The molecular formula is C16H24N2O3S. The van der Waals surface area contributed by atoms with Crippen LogP contribution < -0.4 is 4.90 Å². The summed E-state index contributed by atoms with van der Waals surface area (Å²) >= 11 is 0. The van der Waals surface area contributed by atoms with Gasteiger partial charge in [-0.25, -0.2) is 8.42 Å². The Morgan fingerprint density at radius 3 is 2.23 bits per heavy atom. The Balaban J connectivity index is 2.24. The van der Waals surface area contributed by atoms with Crippen LogP contribution in [0, 0.1) is 0 Å². The van der Waals surface area contributed by atoms with Crippen LogP contribution in [0.1, 0.15) is 39.5 Å². The normalized spacial score (nSPS) is 16.0. The fourth-order valence-electron chi connectivity index (χ4n) is 2.88. The third-order valence-electron chi connectivity index (χ3n) is 4.36. The number of sulfonamides is 1. The number of carbonyl (C=O) groups is 1.